The molecule has 3 rings (SSSR count). The lowest BCUT2D eigenvalue weighted by atomic mass is 9.97. The van der Waals surface area contributed by atoms with Crippen molar-refractivity contribution in [3.8, 4) is 11.1 Å². The third-order valence-corrected chi connectivity index (χ3v) is 3.65. The van der Waals surface area contributed by atoms with Gasteiger partial charge in [-0.1, -0.05) is 24.3 Å². The second-order valence-corrected chi connectivity index (χ2v) is 5.22. The summed E-state index contributed by atoms with van der Waals surface area (Å²) >= 11 is 0. The van der Waals surface area contributed by atoms with E-state index in [1.54, 1.807) is 6.07 Å². The molecule has 3 heteroatoms. The lowest BCUT2D eigenvalue weighted by molar-refractivity contribution is 0.100. The van der Waals surface area contributed by atoms with Gasteiger partial charge in [0, 0.05) is 16.6 Å². The number of benzene rings is 2. The number of hydrogen-bond donors (Lipinski definition) is 1. The molecule has 1 heterocycles. The molecule has 21 heavy (non-hydrogen) atoms. The summed E-state index contributed by atoms with van der Waals surface area (Å²) in [7, 11) is 0. The van der Waals surface area contributed by atoms with Crippen molar-refractivity contribution in [3.05, 3.63) is 65.4 Å². The van der Waals surface area contributed by atoms with Crippen LogP contribution in [0.3, 0.4) is 0 Å². The number of fused-ring (bicyclic) bond motifs is 1. The van der Waals surface area contributed by atoms with Crippen molar-refractivity contribution in [1.82, 2.24) is 4.98 Å². The number of nitrogens with two attached hydrogens (primary N) is 1. The van der Waals surface area contributed by atoms with Gasteiger partial charge in [0.1, 0.15) is 0 Å². The molecule has 2 aromatic carbocycles. The Kier molecular flexibility index (Phi) is 3.18. The van der Waals surface area contributed by atoms with E-state index in [1.165, 1.54) is 5.56 Å². The average Bonchev–Trinajstić information content (AvgIpc) is 2.47. The van der Waals surface area contributed by atoms with E-state index in [2.05, 4.69) is 24.0 Å². The van der Waals surface area contributed by atoms with Gasteiger partial charge in [-0.05, 0) is 54.8 Å². The van der Waals surface area contributed by atoms with Crippen LogP contribution in [0.5, 0.6) is 0 Å². The Balaban J connectivity index is 2.25. The monoisotopic (exact) mass is 276 g/mol. The van der Waals surface area contributed by atoms with Crippen molar-refractivity contribution in [2.45, 2.75) is 13.8 Å². The van der Waals surface area contributed by atoms with Crippen LogP contribution in [0.1, 0.15) is 21.6 Å². The fourth-order valence-electron chi connectivity index (χ4n) is 2.68. The number of nitrogens with zero attached hydrogens (tertiary/aromatic N) is 1. The maximum Gasteiger partial charge on any atom is 0.249 e. The minimum atomic E-state index is -0.413. The topological polar surface area (TPSA) is 56.0 Å². The quantitative estimate of drug-likeness (QED) is 0.777. The summed E-state index contributed by atoms with van der Waals surface area (Å²) in [5, 5.41) is 1.09. The molecule has 0 aliphatic carbocycles. The highest BCUT2D eigenvalue weighted by Gasteiger charge is 2.10. The summed E-state index contributed by atoms with van der Waals surface area (Å²) in [5.74, 6) is -0.413. The molecule has 3 nitrogen and oxygen atoms in total. The van der Waals surface area contributed by atoms with Crippen LogP contribution in [-0.4, -0.2) is 10.9 Å². The molecule has 0 aliphatic rings. The van der Waals surface area contributed by atoms with Crippen LogP contribution in [0.15, 0.2) is 48.5 Å². The fraction of sp³-hybridized carbons (Fsp3) is 0.111. The van der Waals surface area contributed by atoms with E-state index < -0.39 is 5.91 Å². The molecule has 2 N–H and O–H groups in total. The van der Waals surface area contributed by atoms with Crippen LogP contribution in [0.4, 0.5) is 0 Å². The van der Waals surface area contributed by atoms with E-state index in [0.717, 1.165) is 27.7 Å². The number of primary amides is 1. The number of amides is 1. The van der Waals surface area contributed by atoms with E-state index in [1.807, 2.05) is 37.3 Å². The Morgan fingerprint density at radius 3 is 2.57 bits per heavy atom. The molecule has 1 aromatic heterocycles. The minimum Gasteiger partial charge on any atom is -0.366 e. The van der Waals surface area contributed by atoms with Crippen molar-refractivity contribution in [1.29, 1.82) is 0 Å². The average molecular weight is 276 g/mol. The first kappa shape index (κ1) is 13.3. The number of rotatable bonds is 2. The first-order valence-electron chi connectivity index (χ1n) is 6.83. The molecule has 0 saturated heterocycles. The molecule has 0 fully saturated rings. The van der Waals surface area contributed by atoms with Crippen molar-refractivity contribution in [2.24, 2.45) is 5.73 Å². The molecule has 0 radical (unpaired) electrons. The van der Waals surface area contributed by atoms with Crippen LogP contribution in [0.25, 0.3) is 22.0 Å². The summed E-state index contributed by atoms with van der Waals surface area (Å²) in [6, 6.07) is 15.5. The number of aryl methyl sites for hydroxylation is 2. The number of hydrogen-bond acceptors (Lipinski definition) is 2. The van der Waals surface area contributed by atoms with Crippen molar-refractivity contribution >= 4 is 16.8 Å². The molecule has 0 aliphatic heterocycles. The van der Waals surface area contributed by atoms with Gasteiger partial charge in [0.25, 0.3) is 0 Å². The van der Waals surface area contributed by atoms with Crippen LogP contribution in [0.2, 0.25) is 0 Å². The van der Waals surface area contributed by atoms with E-state index in [9.17, 15) is 4.79 Å². The highest BCUT2D eigenvalue weighted by molar-refractivity contribution is 6.01. The Labute approximate surface area is 123 Å². The molecule has 0 saturated carbocycles. The summed E-state index contributed by atoms with van der Waals surface area (Å²) < 4.78 is 0. The van der Waals surface area contributed by atoms with Gasteiger partial charge in [-0.3, -0.25) is 9.78 Å². The Morgan fingerprint density at radius 1 is 1.05 bits per heavy atom. The summed E-state index contributed by atoms with van der Waals surface area (Å²) in [6.07, 6.45) is 0. The number of carbonyl (C=O) groups excluding carboxylic acids is 1. The number of pyridine rings is 1. The van der Waals surface area contributed by atoms with Gasteiger partial charge in [-0.25, -0.2) is 0 Å². The standard InChI is InChI=1S/C18H16N2O/c1-11-9-12(2)20-17-8-7-13(10-16(11)17)14-5-3-4-6-15(14)18(19)21/h3-10H,1-2H3,(H2,19,21). The van der Waals surface area contributed by atoms with Gasteiger partial charge >= 0.3 is 0 Å². The molecule has 1 amide bonds. The molecular weight excluding hydrogens is 260 g/mol. The van der Waals surface area contributed by atoms with Crippen LogP contribution in [-0.2, 0) is 0 Å². The van der Waals surface area contributed by atoms with Crippen molar-refractivity contribution < 1.29 is 4.79 Å². The smallest absolute Gasteiger partial charge is 0.249 e. The van der Waals surface area contributed by atoms with Gasteiger partial charge in [-0.15, -0.1) is 0 Å². The predicted molar refractivity (Wildman–Crippen MR) is 85.2 cm³/mol. The van der Waals surface area contributed by atoms with Crippen LogP contribution in [0, 0.1) is 13.8 Å². The molecule has 3 aromatic rings. The highest BCUT2D eigenvalue weighted by atomic mass is 16.1. The van der Waals surface area contributed by atoms with Gasteiger partial charge in [0.2, 0.25) is 5.91 Å². The summed E-state index contributed by atoms with van der Waals surface area (Å²) in [5.41, 5.74) is 11.0. The third-order valence-electron chi connectivity index (χ3n) is 3.65. The zero-order valence-corrected chi connectivity index (χ0v) is 12.1. The maximum absolute atomic E-state index is 11.6. The lowest BCUT2D eigenvalue weighted by Gasteiger charge is -2.09. The molecule has 104 valence electrons. The van der Waals surface area contributed by atoms with Crippen LogP contribution >= 0.6 is 0 Å². The zero-order chi connectivity index (χ0) is 15.0. The summed E-state index contributed by atoms with van der Waals surface area (Å²) in [4.78, 5) is 16.1. The number of carbonyl (C=O) groups is 1. The Morgan fingerprint density at radius 2 is 1.81 bits per heavy atom. The fourth-order valence-corrected chi connectivity index (χ4v) is 2.68. The van der Waals surface area contributed by atoms with Crippen LogP contribution < -0.4 is 5.73 Å². The SMILES string of the molecule is Cc1cc(C)c2cc(-c3ccccc3C(N)=O)ccc2n1. The summed E-state index contributed by atoms with van der Waals surface area (Å²) in [6.45, 7) is 4.06. The lowest BCUT2D eigenvalue weighted by Crippen LogP contribution is -2.12. The van der Waals surface area contributed by atoms with Gasteiger partial charge in [0.15, 0.2) is 0 Å². The number of aromatic nitrogens is 1. The molecule has 0 bridgehead atoms. The third kappa shape index (κ3) is 2.38. The largest absolute Gasteiger partial charge is 0.366 e. The van der Waals surface area contributed by atoms with E-state index >= 15 is 0 Å². The minimum absolute atomic E-state index is 0.413. The highest BCUT2D eigenvalue weighted by Crippen LogP contribution is 2.28. The van der Waals surface area contributed by atoms with Gasteiger partial charge in [0.05, 0.1) is 5.52 Å². The predicted octanol–water partition coefficient (Wildman–Crippen LogP) is 3.62. The zero-order valence-electron chi connectivity index (χ0n) is 12.1. The molecule has 0 atom stereocenters. The molecular formula is C18H16N2O. The molecule has 0 unspecified atom stereocenters. The Hall–Kier alpha value is -2.68. The normalized spacial score (nSPS) is 10.8. The van der Waals surface area contributed by atoms with E-state index in [4.69, 9.17) is 5.73 Å². The second kappa shape index (κ2) is 5.02. The van der Waals surface area contributed by atoms with Crippen molar-refractivity contribution in [2.75, 3.05) is 0 Å². The first-order chi connectivity index (χ1) is 10.1. The maximum atomic E-state index is 11.6. The van der Waals surface area contributed by atoms with Crippen molar-refractivity contribution in [3.63, 3.8) is 0 Å². The Bertz CT molecular complexity index is 853. The van der Waals surface area contributed by atoms with Gasteiger partial charge in [-0.2, -0.15) is 0 Å². The van der Waals surface area contributed by atoms with E-state index in [-0.39, 0.29) is 0 Å². The van der Waals surface area contributed by atoms with Gasteiger partial charge < -0.3 is 5.73 Å². The molecule has 0 spiro atoms. The first-order valence-corrected chi connectivity index (χ1v) is 6.83. The van der Waals surface area contributed by atoms with E-state index in [0.29, 0.717) is 5.56 Å². The second-order valence-electron chi connectivity index (χ2n) is 5.22.